The molecule has 3 fully saturated rings. The van der Waals surface area contributed by atoms with Crippen molar-refractivity contribution < 1.29 is 4.79 Å². The van der Waals surface area contributed by atoms with E-state index in [4.69, 9.17) is 0 Å². The normalized spacial score (nSPS) is 30.6. The van der Waals surface area contributed by atoms with Crippen LogP contribution in [0.4, 0.5) is 0 Å². The first-order chi connectivity index (χ1) is 9.11. The first-order valence-electron chi connectivity index (χ1n) is 8.19. The van der Waals surface area contributed by atoms with Crippen LogP contribution in [0.2, 0.25) is 0 Å². The fraction of sp³-hybridized carbons (Fsp3) is 0.938. The second-order valence-corrected chi connectivity index (χ2v) is 7.33. The molecule has 1 aliphatic heterocycles. The zero-order valence-corrected chi connectivity index (χ0v) is 12.5. The molecule has 3 aliphatic rings. The molecule has 19 heavy (non-hydrogen) atoms. The van der Waals surface area contributed by atoms with Gasteiger partial charge in [0.25, 0.3) is 0 Å². The van der Waals surface area contributed by atoms with Crippen molar-refractivity contribution in [3.8, 4) is 0 Å². The van der Waals surface area contributed by atoms with Crippen LogP contribution >= 0.6 is 0 Å². The average molecular weight is 264 g/mol. The van der Waals surface area contributed by atoms with Gasteiger partial charge in [-0.2, -0.15) is 0 Å². The Labute approximate surface area is 117 Å². The Morgan fingerprint density at radius 2 is 1.95 bits per heavy atom. The Kier molecular flexibility index (Phi) is 3.59. The number of hydrogen-bond donors (Lipinski definition) is 1. The Morgan fingerprint density at radius 1 is 1.26 bits per heavy atom. The number of carbonyl (C=O) groups is 1. The van der Waals surface area contributed by atoms with Gasteiger partial charge in [-0.15, -0.1) is 0 Å². The number of carbonyl (C=O) groups excluding carboxylic acids is 1. The lowest BCUT2D eigenvalue weighted by Crippen LogP contribution is -2.45. The number of nitrogens with zero attached hydrogens (tertiary/aromatic N) is 1. The SMILES string of the molecule is CC(C)CC1NC2(CCCC2)C(=O)N1CC1CCC1. The third kappa shape index (κ3) is 2.42. The number of hydrogen-bond acceptors (Lipinski definition) is 2. The fourth-order valence-corrected chi connectivity index (χ4v) is 4.01. The molecule has 3 nitrogen and oxygen atoms in total. The molecular formula is C16H28N2O. The maximum Gasteiger partial charge on any atom is 0.244 e. The third-order valence-corrected chi connectivity index (χ3v) is 5.32. The van der Waals surface area contributed by atoms with Crippen molar-refractivity contribution in [1.29, 1.82) is 0 Å². The summed E-state index contributed by atoms with van der Waals surface area (Å²) in [5.74, 6) is 1.84. The molecule has 1 N–H and O–H groups in total. The zero-order chi connectivity index (χ0) is 13.5. The van der Waals surface area contributed by atoms with Gasteiger partial charge >= 0.3 is 0 Å². The largest absolute Gasteiger partial charge is 0.325 e. The molecule has 0 radical (unpaired) electrons. The molecule has 1 atom stereocenters. The molecule has 1 amide bonds. The van der Waals surface area contributed by atoms with Crippen LogP contribution in [0.3, 0.4) is 0 Å². The van der Waals surface area contributed by atoms with E-state index in [1.54, 1.807) is 0 Å². The lowest BCUT2D eigenvalue weighted by Gasteiger charge is -2.33. The van der Waals surface area contributed by atoms with E-state index in [2.05, 4.69) is 24.1 Å². The molecule has 0 aromatic heterocycles. The average Bonchev–Trinajstić information content (AvgIpc) is 2.83. The Morgan fingerprint density at radius 3 is 2.47 bits per heavy atom. The molecule has 3 rings (SSSR count). The maximum absolute atomic E-state index is 12.9. The molecule has 2 aliphatic carbocycles. The van der Waals surface area contributed by atoms with E-state index in [0.29, 0.717) is 18.0 Å². The van der Waals surface area contributed by atoms with Gasteiger partial charge in [-0.25, -0.2) is 0 Å². The predicted octanol–water partition coefficient (Wildman–Crippen LogP) is 2.90. The van der Waals surface area contributed by atoms with Crippen molar-refractivity contribution in [3.05, 3.63) is 0 Å². The summed E-state index contributed by atoms with van der Waals surface area (Å²) in [6, 6.07) is 0. The molecule has 1 spiro atoms. The van der Waals surface area contributed by atoms with Crippen LogP contribution < -0.4 is 5.32 Å². The third-order valence-electron chi connectivity index (χ3n) is 5.32. The van der Waals surface area contributed by atoms with Crippen LogP contribution in [0.25, 0.3) is 0 Å². The Hall–Kier alpha value is -0.570. The molecule has 0 aromatic rings. The highest BCUT2D eigenvalue weighted by Crippen LogP contribution is 2.39. The molecule has 3 heteroatoms. The van der Waals surface area contributed by atoms with Crippen molar-refractivity contribution in [3.63, 3.8) is 0 Å². The molecule has 1 unspecified atom stereocenters. The summed E-state index contributed by atoms with van der Waals surface area (Å²) >= 11 is 0. The minimum absolute atomic E-state index is 0.177. The smallest absolute Gasteiger partial charge is 0.244 e. The lowest BCUT2D eigenvalue weighted by atomic mass is 9.84. The van der Waals surface area contributed by atoms with Crippen LogP contribution in [0.5, 0.6) is 0 Å². The highest BCUT2D eigenvalue weighted by molar-refractivity contribution is 5.89. The van der Waals surface area contributed by atoms with E-state index in [0.717, 1.165) is 31.7 Å². The summed E-state index contributed by atoms with van der Waals surface area (Å²) < 4.78 is 0. The summed E-state index contributed by atoms with van der Waals surface area (Å²) in [6.45, 7) is 5.52. The van der Waals surface area contributed by atoms with E-state index in [9.17, 15) is 4.79 Å². The van der Waals surface area contributed by atoms with Crippen LogP contribution in [-0.2, 0) is 4.79 Å². The van der Waals surface area contributed by atoms with Crippen molar-refractivity contribution >= 4 is 5.91 Å². The highest BCUT2D eigenvalue weighted by Gasteiger charge is 2.52. The first kappa shape index (κ1) is 13.4. The summed E-state index contributed by atoms with van der Waals surface area (Å²) in [5.41, 5.74) is -0.177. The van der Waals surface area contributed by atoms with Gasteiger partial charge in [0, 0.05) is 6.54 Å². The first-order valence-corrected chi connectivity index (χ1v) is 8.19. The Bertz CT molecular complexity index is 343. The van der Waals surface area contributed by atoms with Gasteiger partial charge in [0.05, 0.1) is 11.7 Å². The van der Waals surface area contributed by atoms with E-state index < -0.39 is 0 Å². The van der Waals surface area contributed by atoms with Gasteiger partial charge in [-0.05, 0) is 43.9 Å². The molecule has 1 heterocycles. The summed E-state index contributed by atoms with van der Waals surface area (Å²) in [7, 11) is 0. The van der Waals surface area contributed by atoms with Crippen LogP contribution in [0.1, 0.15) is 65.2 Å². The second-order valence-electron chi connectivity index (χ2n) is 7.33. The van der Waals surface area contributed by atoms with Crippen LogP contribution in [-0.4, -0.2) is 29.1 Å². The predicted molar refractivity (Wildman–Crippen MR) is 76.6 cm³/mol. The van der Waals surface area contributed by atoms with E-state index >= 15 is 0 Å². The zero-order valence-electron chi connectivity index (χ0n) is 12.5. The van der Waals surface area contributed by atoms with Gasteiger partial charge in [0.15, 0.2) is 0 Å². The molecular weight excluding hydrogens is 236 g/mol. The minimum Gasteiger partial charge on any atom is -0.325 e. The van der Waals surface area contributed by atoms with Crippen LogP contribution in [0, 0.1) is 11.8 Å². The van der Waals surface area contributed by atoms with Crippen LogP contribution in [0.15, 0.2) is 0 Å². The minimum atomic E-state index is -0.177. The van der Waals surface area contributed by atoms with Gasteiger partial charge < -0.3 is 4.90 Å². The molecule has 0 bridgehead atoms. The standard InChI is InChI=1S/C16H28N2O/c1-12(2)10-14-17-16(8-3-4-9-16)15(19)18(14)11-13-6-5-7-13/h12-14,17H,3-11H2,1-2H3. The lowest BCUT2D eigenvalue weighted by molar-refractivity contribution is -0.134. The maximum atomic E-state index is 12.9. The van der Waals surface area contributed by atoms with Gasteiger partial charge in [-0.1, -0.05) is 33.1 Å². The molecule has 0 aromatic carbocycles. The summed E-state index contributed by atoms with van der Waals surface area (Å²) in [4.78, 5) is 15.1. The molecule has 2 saturated carbocycles. The molecule has 108 valence electrons. The topological polar surface area (TPSA) is 32.3 Å². The van der Waals surface area contributed by atoms with E-state index in [-0.39, 0.29) is 5.54 Å². The fourth-order valence-electron chi connectivity index (χ4n) is 4.01. The summed E-state index contributed by atoms with van der Waals surface area (Å²) in [5, 5.41) is 3.73. The number of amides is 1. The van der Waals surface area contributed by atoms with Gasteiger partial charge in [-0.3, -0.25) is 10.1 Å². The number of nitrogens with one attached hydrogen (secondary N) is 1. The second kappa shape index (κ2) is 5.08. The van der Waals surface area contributed by atoms with Crippen molar-refractivity contribution in [2.24, 2.45) is 11.8 Å². The van der Waals surface area contributed by atoms with E-state index in [1.165, 1.54) is 32.1 Å². The monoisotopic (exact) mass is 264 g/mol. The Balaban J connectivity index is 1.74. The molecule has 1 saturated heterocycles. The van der Waals surface area contributed by atoms with Crippen molar-refractivity contribution in [2.75, 3.05) is 6.54 Å². The quantitative estimate of drug-likeness (QED) is 0.847. The summed E-state index contributed by atoms with van der Waals surface area (Å²) in [6.07, 6.45) is 9.94. The van der Waals surface area contributed by atoms with Crippen molar-refractivity contribution in [1.82, 2.24) is 10.2 Å². The van der Waals surface area contributed by atoms with Gasteiger partial charge in [0.2, 0.25) is 5.91 Å². The van der Waals surface area contributed by atoms with Crippen molar-refractivity contribution in [2.45, 2.75) is 76.9 Å². The van der Waals surface area contributed by atoms with Gasteiger partial charge in [0.1, 0.15) is 0 Å². The van der Waals surface area contributed by atoms with E-state index in [1.807, 2.05) is 0 Å². The highest BCUT2D eigenvalue weighted by atomic mass is 16.2. The number of rotatable bonds is 4.